The van der Waals surface area contributed by atoms with Crippen molar-refractivity contribution in [3.8, 4) is 5.75 Å². The van der Waals surface area contributed by atoms with E-state index in [-0.39, 0.29) is 31.6 Å². The van der Waals surface area contributed by atoms with Gasteiger partial charge < -0.3 is 14.8 Å². The molecule has 0 bridgehead atoms. The lowest BCUT2D eigenvalue weighted by Gasteiger charge is -2.07. The Labute approximate surface area is 111 Å². The van der Waals surface area contributed by atoms with Crippen molar-refractivity contribution in [2.24, 2.45) is 0 Å². The second-order valence-electron chi connectivity index (χ2n) is 4.41. The molecule has 102 valence electrons. The van der Waals surface area contributed by atoms with Gasteiger partial charge in [0.2, 0.25) is 0 Å². The van der Waals surface area contributed by atoms with E-state index in [2.05, 4.69) is 5.32 Å². The summed E-state index contributed by atoms with van der Waals surface area (Å²) in [6.45, 7) is 0.0355. The van der Waals surface area contributed by atoms with Gasteiger partial charge in [-0.3, -0.25) is 9.59 Å². The predicted molar refractivity (Wildman–Crippen MR) is 68.7 cm³/mol. The number of nitrogens with one attached hydrogen (secondary N) is 1. The number of para-hydroxylation sites is 1. The lowest BCUT2D eigenvalue weighted by atomic mass is 10.3. The Morgan fingerprint density at radius 3 is 2.63 bits per heavy atom. The smallest absolute Gasteiger partial charge is 0.309 e. The molecule has 1 fully saturated rings. The first-order valence-electron chi connectivity index (χ1n) is 6.37. The monoisotopic (exact) mass is 263 g/mol. The van der Waals surface area contributed by atoms with Crippen LogP contribution in [0.2, 0.25) is 0 Å². The molecular formula is C14H17NO4. The van der Waals surface area contributed by atoms with Gasteiger partial charge in [-0.15, -0.1) is 0 Å². The number of ether oxygens (including phenoxy) is 2. The summed E-state index contributed by atoms with van der Waals surface area (Å²) < 4.78 is 10.2. The molecule has 1 saturated carbocycles. The fourth-order valence-electron chi connectivity index (χ4n) is 1.48. The van der Waals surface area contributed by atoms with Crippen molar-refractivity contribution in [1.82, 2.24) is 5.32 Å². The Morgan fingerprint density at radius 1 is 1.21 bits per heavy atom. The first-order valence-corrected chi connectivity index (χ1v) is 6.37. The van der Waals surface area contributed by atoms with Gasteiger partial charge in [-0.1, -0.05) is 18.2 Å². The maximum atomic E-state index is 11.4. The number of benzene rings is 1. The second-order valence-corrected chi connectivity index (χ2v) is 4.41. The van der Waals surface area contributed by atoms with E-state index < -0.39 is 5.97 Å². The SMILES string of the molecule is O=C(COC(=O)CCOc1ccccc1)NC1CC1. The number of hydrogen-bond acceptors (Lipinski definition) is 4. The van der Waals surface area contributed by atoms with Gasteiger partial charge in [0.25, 0.3) is 5.91 Å². The summed E-state index contributed by atoms with van der Waals surface area (Å²) in [4.78, 5) is 22.6. The molecule has 0 heterocycles. The van der Waals surface area contributed by atoms with Gasteiger partial charge in [-0.05, 0) is 25.0 Å². The zero-order valence-electron chi connectivity index (χ0n) is 10.6. The molecule has 1 aromatic carbocycles. The average Bonchev–Trinajstić information content (AvgIpc) is 3.22. The van der Waals surface area contributed by atoms with E-state index >= 15 is 0 Å². The molecule has 1 aliphatic carbocycles. The number of carbonyl (C=O) groups is 2. The van der Waals surface area contributed by atoms with E-state index in [1.54, 1.807) is 0 Å². The first kappa shape index (κ1) is 13.4. The summed E-state index contributed by atoms with van der Waals surface area (Å²) in [5, 5.41) is 2.74. The van der Waals surface area contributed by atoms with Gasteiger partial charge in [-0.25, -0.2) is 0 Å². The van der Waals surface area contributed by atoms with Crippen LogP contribution in [0.5, 0.6) is 5.75 Å². The molecule has 0 atom stereocenters. The van der Waals surface area contributed by atoms with Gasteiger partial charge in [0.15, 0.2) is 6.61 Å². The van der Waals surface area contributed by atoms with E-state index in [1.807, 2.05) is 30.3 Å². The van der Waals surface area contributed by atoms with Crippen LogP contribution < -0.4 is 10.1 Å². The van der Waals surface area contributed by atoms with E-state index in [9.17, 15) is 9.59 Å². The minimum Gasteiger partial charge on any atom is -0.493 e. The summed E-state index contributed by atoms with van der Waals surface area (Å²) >= 11 is 0. The maximum Gasteiger partial charge on any atom is 0.309 e. The molecule has 19 heavy (non-hydrogen) atoms. The Balaban J connectivity index is 1.55. The molecule has 0 aromatic heterocycles. The highest BCUT2D eigenvalue weighted by Gasteiger charge is 2.23. The zero-order valence-corrected chi connectivity index (χ0v) is 10.6. The van der Waals surface area contributed by atoms with E-state index in [4.69, 9.17) is 9.47 Å². The lowest BCUT2D eigenvalue weighted by molar-refractivity contribution is -0.149. The van der Waals surface area contributed by atoms with Gasteiger partial charge in [0.1, 0.15) is 5.75 Å². The van der Waals surface area contributed by atoms with Crippen molar-refractivity contribution < 1.29 is 19.1 Å². The highest BCUT2D eigenvalue weighted by molar-refractivity contribution is 5.80. The minimum absolute atomic E-state index is 0.131. The molecule has 5 nitrogen and oxygen atoms in total. The van der Waals surface area contributed by atoms with Crippen molar-refractivity contribution in [3.63, 3.8) is 0 Å². The van der Waals surface area contributed by atoms with Crippen molar-refractivity contribution in [2.75, 3.05) is 13.2 Å². The number of amides is 1. The van der Waals surface area contributed by atoms with Crippen molar-refractivity contribution >= 4 is 11.9 Å². The van der Waals surface area contributed by atoms with Gasteiger partial charge in [0, 0.05) is 6.04 Å². The Kier molecular flexibility index (Phi) is 4.78. The average molecular weight is 263 g/mol. The Morgan fingerprint density at radius 2 is 1.95 bits per heavy atom. The van der Waals surface area contributed by atoms with Crippen LogP contribution >= 0.6 is 0 Å². The molecule has 2 rings (SSSR count). The molecule has 1 aliphatic rings. The molecule has 0 saturated heterocycles. The van der Waals surface area contributed by atoms with Crippen LogP contribution in [0.3, 0.4) is 0 Å². The third-order valence-corrected chi connectivity index (χ3v) is 2.62. The summed E-state index contributed by atoms with van der Waals surface area (Å²) in [6, 6.07) is 9.52. The third-order valence-electron chi connectivity index (χ3n) is 2.62. The third kappa shape index (κ3) is 5.42. The van der Waals surface area contributed by atoms with E-state index in [0.29, 0.717) is 5.75 Å². The van der Waals surface area contributed by atoms with Crippen LogP contribution in [-0.4, -0.2) is 31.1 Å². The highest BCUT2D eigenvalue weighted by Crippen LogP contribution is 2.18. The predicted octanol–water partition coefficient (Wildman–Crippen LogP) is 1.28. The van der Waals surface area contributed by atoms with Crippen LogP contribution in [0.15, 0.2) is 30.3 Å². The number of esters is 1. The van der Waals surface area contributed by atoms with Gasteiger partial charge in [0.05, 0.1) is 13.0 Å². The van der Waals surface area contributed by atoms with Crippen LogP contribution in [0.4, 0.5) is 0 Å². The fraction of sp³-hybridized carbons (Fsp3) is 0.429. The summed E-state index contributed by atoms with van der Waals surface area (Å²) in [5.74, 6) is 0.0449. The topological polar surface area (TPSA) is 64.6 Å². The summed E-state index contributed by atoms with van der Waals surface area (Å²) in [7, 11) is 0. The second kappa shape index (κ2) is 6.78. The first-order chi connectivity index (χ1) is 9.24. The van der Waals surface area contributed by atoms with Crippen LogP contribution in [0.25, 0.3) is 0 Å². The maximum absolute atomic E-state index is 11.4. The quantitative estimate of drug-likeness (QED) is 0.753. The molecule has 0 spiro atoms. The molecule has 0 aliphatic heterocycles. The number of hydrogen-bond donors (Lipinski definition) is 1. The minimum atomic E-state index is -0.429. The Bertz CT molecular complexity index is 428. The number of rotatable bonds is 7. The van der Waals surface area contributed by atoms with Gasteiger partial charge in [-0.2, -0.15) is 0 Å². The molecule has 0 radical (unpaired) electrons. The summed E-state index contributed by atoms with van der Waals surface area (Å²) in [6.07, 6.45) is 2.17. The zero-order chi connectivity index (χ0) is 13.5. The van der Waals surface area contributed by atoms with Crippen LogP contribution in [0, 0.1) is 0 Å². The van der Waals surface area contributed by atoms with Gasteiger partial charge >= 0.3 is 5.97 Å². The molecule has 1 amide bonds. The van der Waals surface area contributed by atoms with E-state index in [0.717, 1.165) is 12.8 Å². The standard InChI is InChI=1S/C14H17NO4/c16-13(15-11-6-7-11)10-19-14(17)8-9-18-12-4-2-1-3-5-12/h1-5,11H,6-10H2,(H,15,16). The van der Waals surface area contributed by atoms with E-state index in [1.165, 1.54) is 0 Å². The molecule has 0 unspecified atom stereocenters. The van der Waals surface area contributed by atoms with Crippen LogP contribution in [-0.2, 0) is 14.3 Å². The largest absolute Gasteiger partial charge is 0.493 e. The summed E-state index contributed by atoms with van der Waals surface area (Å²) in [5.41, 5.74) is 0. The Hall–Kier alpha value is -2.04. The molecule has 5 heteroatoms. The van der Waals surface area contributed by atoms with Crippen LogP contribution in [0.1, 0.15) is 19.3 Å². The fourth-order valence-corrected chi connectivity index (χ4v) is 1.48. The molecule has 1 N–H and O–H groups in total. The lowest BCUT2D eigenvalue weighted by Crippen LogP contribution is -2.30. The highest BCUT2D eigenvalue weighted by atomic mass is 16.5. The number of carbonyl (C=O) groups excluding carboxylic acids is 2. The van der Waals surface area contributed by atoms with Crippen molar-refractivity contribution in [3.05, 3.63) is 30.3 Å². The normalized spacial score (nSPS) is 13.7. The molecular weight excluding hydrogens is 246 g/mol. The molecule has 1 aromatic rings. The van der Waals surface area contributed by atoms with Crippen molar-refractivity contribution in [1.29, 1.82) is 0 Å². The van der Waals surface area contributed by atoms with Crippen molar-refractivity contribution in [2.45, 2.75) is 25.3 Å².